The summed E-state index contributed by atoms with van der Waals surface area (Å²) < 4.78 is 10.6. The molecule has 1 aliphatic rings. The highest BCUT2D eigenvalue weighted by Crippen LogP contribution is 2.32. The highest BCUT2D eigenvalue weighted by Gasteiger charge is 2.29. The number of nitrogens with one attached hydrogen (secondary N) is 2. The summed E-state index contributed by atoms with van der Waals surface area (Å²) in [5.41, 5.74) is 1.88. The first-order valence-corrected chi connectivity index (χ1v) is 10.5. The second-order valence-corrected chi connectivity index (χ2v) is 7.62. The number of aromatic amines is 1. The van der Waals surface area contributed by atoms with E-state index < -0.39 is 11.5 Å². The van der Waals surface area contributed by atoms with Crippen LogP contribution in [0.15, 0.2) is 59.4 Å². The highest BCUT2D eigenvalue weighted by atomic mass is 16.5. The highest BCUT2D eigenvalue weighted by molar-refractivity contribution is 6.06. The predicted molar refractivity (Wildman–Crippen MR) is 121 cm³/mol. The van der Waals surface area contributed by atoms with Crippen LogP contribution in [0, 0.1) is 0 Å². The molecule has 7 nitrogen and oxygen atoms in total. The van der Waals surface area contributed by atoms with Crippen LogP contribution in [0.1, 0.15) is 51.2 Å². The van der Waals surface area contributed by atoms with E-state index in [0.717, 1.165) is 11.3 Å². The van der Waals surface area contributed by atoms with Gasteiger partial charge < -0.3 is 19.8 Å². The topological polar surface area (TPSA) is 97.5 Å². The fourth-order valence-corrected chi connectivity index (χ4v) is 3.91. The Morgan fingerprint density at radius 1 is 1.03 bits per heavy atom. The third kappa shape index (κ3) is 4.42. The Morgan fingerprint density at radius 3 is 2.38 bits per heavy atom. The molecular formula is C25H24N2O5. The number of fused-ring (bicyclic) bond motifs is 1. The lowest BCUT2D eigenvalue weighted by molar-refractivity contribution is 0.0963. The predicted octanol–water partition coefficient (Wildman–Crippen LogP) is 3.95. The van der Waals surface area contributed by atoms with Crippen LogP contribution < -0.4 is 20.3 Å². The van der Waals surface area contributed by atoms with Crippen molar-refractivity contribution < 1.29 is 19.1 Å². The van der Waals surface area contributed by atoms with Gasteiger partial charge in [0.1, 0.15) is 17.1 Å². The molecule has 1 heterocycles. The van der Waals surface area contributed by atoms with Crippen LogP contribution in [0.4, 0.5) is 5.69 Å². The van der Waals surface area contributed by atoms with Crippen LogP contribution in [-0.4, -0.2) is 30.4 Å². The monoisotopic (exact) mass is 432 g/mol. The van der Waals surface area contributed by atoms with Crippen molar-refractivity contribution in [1.82, 2.24) is 4.98 Å². The smallest absolute Gasteiger partial charge is 0.261 e. The van der Waals surface area contributed by atoms with E-state index in [0.29, 0.717) is 42.1 Å². The fraction of sp³-hybridized carbons (Fsp3) is 0.240. The number of methoxy groups -OCH3 is 1. The minimum absolute atomic E-state index is 0.0416. The van der Waals surface area contributed by atoms with E-state index in [-0.39, 0.29) is 17.3 Å². The number of hydrogen-bond acceptors (Lipinski definition) is 5. The van der Waals surface area contributed by atoms with E-state index in [2.05, 4.69) is 10.3 Å². The van der Waals surface area contributed by atoms with Gasteiger partial charge in [0.15, 0.2) is 5.78 Å². The fourth-order valence-electron chi connectivity index (χ4n) is 3.91. The minimum Gasteiger partial charge on any atom is -0.497 e. The van der Waals surface area contributed by atoms with Crippen molar-refractivity contribution in [3.8, 4) is 11.5 Å². The summed E-state index contributed by atoms with van der Waals surface area (Å²) in [5, 5.41) is 2.70. The van der Waals surface area contributed by atoms with E-state index in [1.54, 1.807) is 31.4 Å². The molecule has 32 heavy (non-hydrogen) atoms. The first-order chi connectivity index (χ1) is 15.5. The largest absolute Gasteiger partial charge is 0.497 e. The van der Waals surface area contributed by atoms with Crippen molar-refractivity contribution in [3.05, 3.63) is 87.3 Å². The summed E-state index contributed by atoms with van der Waals surface area (Å²) in [7, 11) is 1.60. The Labute approximate surface area is 185 Å². The van der Waals surface area contributed by atoms with E-state index in [1.807, 2.05) is 31.2 Å². The summed E-state index contributed by atoms with van der Waals surface area (Å²) in [5.74, 6) is 0.726. The van der Waals surface area contributed by atoms with Crippen molar-refractivity contribution in [2.45, 2.75) is 25.7 Å². The lowest BCUT2D eigenvalue weighted by atomic mass is 9.81. The molecule has 0 fully saturated rings. The molecule has 7 heteroatoms. The first-order valence-electron chi connectivity index (χ1n) is 10.5. The summed E-state index contributed by atoms with van der Waals surface area (Å²) in [4.78, 5) is 40.9. The first kappa shape index (κ1) is 21.4. The quantitative estimate of drug-likeness (QED) is 0.615. The van der Waals surface area contributed by atoms with Crippen molar-refractivity contribution >= 4 is 17.4 Å². The molecule has 0 unspecified atom stereocenters. The zero-order valence-corrected chi connectivity index (χ0v) is 17.9. The molecule has 4 rings (SSSR count). The lowest BCUT2D eigenvalue weighted by Crippen LogP contribution is -2.29. The molecule has 2 aromatic carbocycles. The number of ether oxygens (including phenoxy) is 2. The Kier molecular flexibility index (Phi) is 6.07. The molecule has 0 bridgehead atoms. The number of carbonyl (C=O) groups is 2. The van der Waals surface area contributed by atoms with Gasteiger partial charge in [0.25, 0.3) is 11.5 Å². The van der Waals surface area contributed by atoms with Gasteiger partial charge in [0, 0.05) is 23.4 Å². The second-order valence-electron chi connectivity index (χ2n) is 7.62. The van der Waals surface area contributed by atoms with Crippen molar-refractivity contribution in [3.63, 3.8) is 0 Å². The molecule has 164 valence electrons. The number of aromatic nitrogens is 1. The third-order valence-corrected chi connectivity index (χ3v) is 5.56. The second kappa shape index (κ2) is 9.09. The van der Waals surface area contributed by atoms with Crippen LogP contribution in [0.25, 0.3) is 0 Å². The van der Waals surface area contributed by atoms with Gasteiger partial charge in [-0.25, -0.2) is 0 Å². The standard InChI is InChI=1S/C25H24N2O5/c1-3-32-19-10-6-17(7-11-19)26-24(29)21-14-20-22(27-25(21)30)12-16(13-23(20)28)15-4-8-18(31-2)9-5-15/h4-11,14,16H,3,12-13H2,1-2H3,(H,26,29)(H,27,30)/t16-/m1/s1. The van der Waals surface area contributed by atoms with Crippen molar-refractivity contribution in [2.75, 3.05) is 19.0 Å². The molecule has 1 aliphatic carbocycles. The third-order valence-electron chi connectivity index (χ3n) is 5.56. The van der Waals surface area contributed by atoms with Crippen LogP contribution >= 0.6 is 0 Å². The number of Topliss-reactive ketones (excluding diaryl/α,β-unsaturated/α-hetero) is 1. The number of H-pyrrole nitrogens is 1. The van der Waals surface area contributed by atoms with Gasteiger partial charge in [-0.3, -0.25) is 14.4 Å². The number of pyridine rings is 1. The summed E-state index contributed by atoms with van der Waals surface area (Å²) >= 11 is 0. The molecule has 0 saturated heterocycles. The number of benzene rings is 2. The van der Waals surface area contributed by atoms with Crippen LogP contribution in [0.5, 0.6) is 11.5 Å². The van der Waals surface area contributed by atoms with Gasteiger partial charge in [-0.05, 0) is 67.3 Å². The Bertz CT molecular complexity index is 1200. The zero-order valence-electron chi connectivity index (χ0n) is 17.9. The molecule has 0 saturated carbocycles. The van der Waals surface area contributed by atoms with Gasteiger partial charge >= 0.3 is 0 Å². The molecule has 0 spiro atoms. The van der Waals surface area contributed by atoms with Gasteiger partial charge in [-0.2, -0.15) is 0 Å². The molecule has 3 aromatic rings. The average Bonchev–Trinajstić information content (AvgIpc) is 2.80. The van der Waals surface area contributed by atoms with E-state index in [1.165, 1.54) is 6.07 Å². The SMILES string of the molecule is CCOc1ccc(NC(=O)c2cc3c([nH]c2=O)C[C@@H](c2ccc(OC)cc2)CC3=O)cc1. The van der Waals surface area contributed by atoms with Crippen LogP contribution in [0.2, 0.25) is 0 Å². The molecule has 0 radical (unpaired) electrons. The molecule has 1 aromatic heterocycles. The maximum absolute atomic E-state index is 12.8. The lowest BCUT2D eigenvalue weighted by Gasteiger charge is -2.24. The molecule has 1 amide bonds. The number of ketones is 1. The van der Waals surface area contributed by atoms with Gasteiger partial charge in [-0.15, -0.1) is 0 Å². The van der Waals surface area contributed by atoms with Gasteiger partial charge in [0.2, 0.25) is 0 Å². The zero-order chi connectivity index (χ0) is 22.7. The number of anilines is 1. The van der Waals surface area contributed by atoms with Crippen LogP contribution in [0.3, 0.4) is 0 Å². The van der Waals surface area contributed by atoms with Crippen molar-refractivity contribution in [2.24, 2.45) is 0 Å². The normalized spacial score (nSPS) is 15.1. The maximum Gasteiger partial charge on any atom is 0.261 e. The number of rotatable bonds is 6. The maximum atomic E-state index is 12.8. The Balaban J connectivity index is 1.54. The van der Waals surface area contributed by atoms with E-state index in [9.17, 15) is 14.4 Å². The van der Waals surface area contributed by atoms with E-state index >= 15 is 0 Å². The minimum atomic E-state index is -0.566. The molecule has 1 atom stereocenters. The summed E-state index contributed by atoms with van der Waals surface area (Å²) in [6, 6.07) is 15.8. The molecule has 0 aliphatic heterocycles. The molecule has 2 N–H and O–H groups in total. The van der Waals surface area contributed by atoms with E-state index in [4.69, 9.17) is 9.47 Å². The molecular weight excluding hydrogens is 408 g/mol. The Hall–Kier alpha value is -3.87. The summed E-state index contributed by atoms with van der Waals surface area (Å²) in [6.45, 7) is 2.43. The Morgan fingerprint density at radius 2 is 1.72 bits per heavy atom. The summed E-state index contributed by atoms with van der Waals surface area (Å²) in [6.07, 6.45) is 0.828. The number of amides is 1. The van der Waals surface area contributed by atoms with Gasteiger partial charge in [0.05, 0.1) is 13.7 Å². The van der Waals surface area contributed by atoms with Crippen molar-refractivity contribution in [1.29, 1.82) is 0 Å². The van der Waals surface area contributed by atoms with Gasteiger partial charge in [-0.1, -0.05) is 12.1 Å². The van der Waals surface area contributed by atoms with Crippen LogP contribution in [-0.2, 0) is 6.42 Å². The average molecular weight is 432 g/mol. The number of carbonyl (C=O) groups excluding carboxylic acids is 2. The number of hydrogen-bond donors (Lipinski definition) is 2.